The van der Waals surface area contributed by atoms with E-state index in [1.54, 1.807) is 18.3 Å². The van der Waals surface area contributed by atoms with Gasteiger partial charge in [-0.05, 0) is 68.0 Å². The lowest BCUT2D eigenvalue weighted by Crippen LogP contribution is -2.39. The van der Waals surface area contributed by atoms with E-state index in [0.29, 0.717) is 6.54 Å². The van der Waals surface area contributed by atoms with E-state index >= 15 is 0 Å². The van der Waals surface area contributed by atoms with Crippen LogP contribution in [0.2, 0.25) is 0 Å². The molecule has 0 saturated heterocycles. The van der Waals surface area contributed by atoms with Crippen LogP contribution in [-0.4, -0.2) is 26.3 Å². The summed E-state index contributed by atoms with van der Waals surface area (Å²) < 4.78 is 32.5. The number of thiophene rings is 1. The first kappa shape index (κ1) is 17.5. The summed E-state index contributed by atoms with van der Waals surface area (Å²) in [4.78, 5) is 1.20. The zero-order valence-electron chi connectivity index (χ0n) is 14.2. The summed E-state index contributed by atoms with van der Waals surface area (Å²) in [5, 5.41) is 2.06. The minimum atomic E-state index is -3.20. The molecule has 1 aliphatic rings. The zero-order valence-corrected chi connectivity index (χ0v) is 15.8. The summed E-state index contributed by atoms with van der Waals surface area (Å²) in [5.74, 6) is 1.05. The minimum Gasteiger partial charge on any atom is -0.488 e. The summed E-state index contributed by atoms with van der Waals surface area (Å²) in [5.41, 5.74) is 1.93. The number of ether oxygens (including phenoxy) is 1. The van der Waals surface area contributed by atoms with Gasteiger partial charge >= 0.3 is 0 Å². The first-order chi connectivity index (χ1) is 11.3. The SMILES string of the molecule is CCS(=O)(=O)NCC1CC(C)(C)Oc2ccc(-c3cccs3)cc21. The third kappa shape index (κ3) is 3.82. The van der Waals surface area contributed by atoms with E-state index in [9.17, 15) is 8.42 Å². The van der Waals surface area contributed by atoms with Crippen LogP contribution in [0, 0.1) is 0 Å². The van der Waals surface area contributed by atoms with Gasteiger partial charge < -0.3 is 4.74 Å². The number of benzene rings is 1. The molecule has 0 aliphatic carbocycles. The molecule has 3 rings (SSSR count). The molecule has 0 amide bonds. The van der Waals surface area contributed by atoms with Crippen LogP contribution < -0.4 is 9.46 Å². The molecule has 1 atom stereocenters. The highest BCUT2D eigenvalue weighted by Gasteiger charge is 2.34. The molecular weight excluding hydrogens is 342 g/mol. The summed E-state index contributed by atoms with van der Waals surface area (Å²) in [6.07, 6.45) is 0.778. The maximum Gasteiger partial charge on any atom is 0.211 e. The van der Waals surface area contributed by atoms with E-state index in [1.807, 2.05) is 26.0 Å². The Labute approximate surface area is 147 Å². The smallest absolute Gasteiger partial charge is 0.211 e. The molecular formula is C18H23NO3S2. The van der Waals surface area contributed by atoms with Crippen LogP contribution in [0.3, 0.4) is 0 Å². The number of rotatable bonds is 5. The summed E-state index contributed by atoms with van der Waals surface area (Å²) >= 11 is 1.70. The maximum atomic E-state index is 11.8. The van der Waals surface area contributed by atoms with Gasteiger partial charge in [0.15, 0.2) is 0 Å². The second-order valence-corrected chi connectivity index (χ2v) is 9.79. The Morgan fingerprint density at radius 2 is 2.12 bits per heavy atom. The van der Waals surface area contributed by atoms with Gasteiger partial charge in [-0.25, -0.2) is 13.1 Å². The van der Waals surface area contributed by atoms with Gasteiger partial charge in [0.25, 0.3) is 0 Å². The molecule has 0 radical (unpaired) electrons. The van der Waals surface area contributed by atoms with Crippen LogP contribution in [-0.2, 0) is 10.0 Å². The molecule has 1 aliphatic heterocycles. The van der Waals surface area contributed by atoms with Crippen LogP contribution in [0.5, 0.6) is 5.75 Å². The van der Waals surface area contributed by atoms with Gasteiger partial charge in [0.1, 0.15) is 11.4 Å². The van der Waals surface area contributed by atoms with E-state index in [1.165, 1.54) is 4.88 Å². The topological polar surface area (TPSA) is 55.4 Å². The first-order valence-electron chi connectivity index (χ1n) is 8.14. The second-order valence-electron chi connectivity index (χ2n) is 6.74. The Morgan fingerprint density at radius 1 is 1.33 bits per heavy atom. The normalized spacial score (nSPS) is 19.5. The van der Waals surface area contributed by atoms with Crippen molar-refractivity contribution in [2.75, 3.05) is 12.3 Å². The number of sulfonamides is 1. The highest BCUT2D eigenvalue weighted by molar-refractivity contribution is 7.89. The Kier molecular flexibility index (Phi) is 4.73. The molecule has 1 aromatic carbocycles. The van der Waals surface area contributed by atoms with Crippen LogP contribution in [0.15, 0.2) is 35.7 Å². The van der Waals surface area contributed by atoms with E-state index in [4.69, 9.17) is 4.74 Å². The average Bonchev–Trinajstić information content (AvgIpc) is 3.06. The van der Waals surface area contributed by atoms with Gasteiger partial charge in [-0.3, -0.25) is 0 Å². The molecule has 4 nitrogen and oxygen atoms in total. The molecule has 2 aromatic rings. The van der Waals surface area contributed by atoms with Crippen molar-refractivity contribution >= 4 is 21.4 Å². The van der Waals surface area contributed by atoms with Gasteiger partial charge in [0.05, 0.1) is 5.75 Å². The fourth-order valence-corrected chi connectivity index (χ4v) is 4.49. The Balaban J connectivity index is 1.94. The molecule has 6 heteroatoms. The highest BCUT2D eigenvalue weighted by atomic mass is 32.2. The van der Waals surface area contributed by atoms with Crippen molar-refractivity contribution in [3.05, 3.63) is 41.3 Å². The van der Waals surface area contributed by atoms with E-state index < -0.39 is 10.0 Å². The van der Waals surface area contributed by atoms with Crippen LogP contribution in [0.1, 0.15) is 38.7 Å². The van der Waals surface area contributed by atoms with E-state index in [-0.39, 0.29) is 17.3 Å². The fraction of sp³-hybridized carbons (Fsp3) is 0.444. The lowest BCUT2D eigenvalue weighted by molar-refractivity contribution is 0.0726. The third-order valence-corrected chi connectivity index (χ3v) is 6.59. The average molecular weight is 366 g/mol. The Morgan fingerprint density at radius 3 is 2.79 bits per heavy atom. The lowest BCUT2D eigenvalue weighted by Gasteiger charge is -2.38. The van der Waals surface area contributed by atoms with Crippen molar-refractivity contribution in [2.45, 2.75) is 38.7 Å². The molecule has 0 fully saturated rings. The fourth-order valence-electron chi connectivity index (χ4n) is 3.11. The van der Waals surface area contributed by atoms with E-state index in [0.717, 1.165) is 23.3 Å². The molecule has 1 N–H and O–H groups in total. The molecule has 0 saturated carbocycles. The van der Waals surface area contributed by atoms with Crippen molar-refractivity contribution in [1.29, 1.82) is 0 Å². The Hall–Kier alpha value is -1.37. The number of hydrogen-bond acceptors (Lipinski definition) is 4. The first-order valence-corrected chi connectivity index (χ1v) is 10.7. The predicted molar refractivity (Wildman–Crippen MR) is 99.3 cm³/mol. The number of hydrogen-bond donors (Lipinski definition) is 1. The molecule has 130 valence electrons. The van der Waals surface area contributed by atoms with Gasteiger partial charge in [0, 0.05) is 17.3 Å². The summed E-state index contributed by atoms with van der Waals surface area (Å²) in [6.45, 7) is 6.15. The van der Waals surface area contributed by atoms with Gasteiger partial charge in [0.2, 0.25) is 10.0 Å². The van der Waals surface area contributed by atoms with Gasteiger partial charge in [-0.2, -0.15) is 0 Å². The van der Waals surface area contributed by atoms with Crippen molar-refractivity contribution in [1.82, 2.24) is 4.72 Å². The third-order valence-electron chi connectivity index (χ3n) is 4.31. The van der Waals surface area contributed by atoms with Gasteiger partial charge in [-0.1, -0.05) is 6.07 Å². The van der Waals surface area contributed by atoms with Crippen molar-refractivity contribution < 1.29 is 13.2 Å². The molecule has 24 heavy (non-hydrogen) atoms. The number of fused-ring (bicyclic) bond motifs is 1. The monoisotopic (exact) mass is 365 g/mol. The Bertz CT molecular complexity index is 811. The summed E-state index contributed by atoms with van der Waals surface area (Å²) in [6, 6.07) is 10.3. The van der Waals surface area contributed by atoms with Crippen LogP contribution in [0.4, 0.5) is 0 Å². The predicted octanol–water partition coefficient (Wildman–Crippen LogP) is 4.00. The molecule has 0 bridgehead atoms. The second kappa shape index (κ2) is 6.50. The molecule has 0 spiro atoms. The molecule has 1 aromatic heterocycles. The molecule has 1 unspecified atom stereocenters. The van der Waals surface area contributed by atoms with Gasteiger partial charge in [-0.15, -0.1) is 11.3 Å². The highest BCUT2D eigenvalue weighted by Crippen LogP contribution is 2.42. The number of nitrogens with one attached hydrogen (secondary N) is 1. The standard InChI is InChI=1S/C18H23NO3S2/c1-4-24(20,21)19-12-14-11-18(2,3)22-16-8-7-13(10-15(14)16)17-6-5-9-23-17/h5-10,14,19H,4,11-12H2,1-3H3. The van der Waals surface area contributed by atoms with E-state index in [2.05, 4.69) is 28.3 Å². The minimum absolute atomic E-state index is 0.0989. The van der Waals surface area contributed by atoms with Crippen LogP contribution >= 0.6 is 11.3 Å². The van der Waals surface area contributed by atoms with Crippen molar-refractivity contribution in [3.63, 3.8) is 0 Å². The quantitative estimate of drug-likeness (QED) is 0.871. The van der Waals surface area contributed by atoms with Crippen molar-refractivity contribution in [3.8, 4) is 16.2 Å². The van der Waals surface area contributed by atoms with Crippen LogP contribution in [0.25, 0.3) is 10.4 Å². The largest absolute Gasteiger partial charge is 0.488 e. The van der Waals surface area contributed by atoms with Crippen molar-refractivity contribution in [2.24, 2.45) is 0 Å². The maximum absolute atomic E-state index is 11.8. The zero-order chi connectivity index (χ0) is 17.4. The molecule has 2 heterocycles. The lowest BCUT2D eigenvalue weighted by atomic mass is 9.84. The summed E-state index contributed by atoms with van der Waals surface area (Å²) in [7, 11) is -3.20.